The van der Waals surface area contributed by atoms with E-state index in [1.807, 2.05) is 12.1 Å². The molecule has 2 aliphatic carbocycles. The average Bonchev–Trinajstić information content (AvgIpc) is 2.59. The first-order valence-corrected chi connectivity index (χ1v) is 9.59. The van der Waals surface area contributed by atoms with E-state index in [2.05, 4.69) is 4.90 Å². The molecule has 0 spiro atoms. The van der Waals surface area contributed by atoms with Crippen LogP contribution in [-0.2, 0) is 17.7 Å². The molecule has 2 saturated carbocycles. The number of hydrogen-bond acceptors (Lipinski definition) is 4. The normalized spacial score (nSPS) is 36.3. The summed E-state index contributed by atoms with van der Waals surface area (Å²) >= 11 is 0. The van der Waals surface area contributed by atoms with Gasteiger partial charge in [0.15, 0.2) is 0 Å². The van der Waals surface area contributed by atoms with E-state index in [9.17, 15) is 4.79 Å². The number of rotatable bonds is 3. The van der Waals surface area contributed by atoms with Gasteiger partial charge in [0.05, 0.1) is 11.7 Å². The quantitative estimate of drug-likeness (QED) is 0.654. The van der Waals surface area contributed by atoms with Crippen LogP contribution in [0.15, 0.2) is 18.2 Å². The van der Waals surface area contributed by atoms with Crippen LogP contribution < -0.4 is 5.48 Å². The molecule has 5 nitrogen and oxygen atoms in total. The summed E-state index contributed by atoms with van der Waals surface area (Å²) in [5, 5.41) is 8.80. The first kappa shape index (κ1) is 15.8. The van der Waals surface area contributed by atoms with E-state index in [0.29, 0.717) is 11.7 Å². The molecule has 0 aromatic heterocycles. The van der Waals surface area contributed by atoms with E-state index in [1.165, 1.54) is 43.2 Å². The van der Waals surface area contributed by atoms with Crippen molar-refractivity contribution >= 4 is 5.91 Å². The molecular weight excluding hydrogens is 316 g/mol. The van der Waals surface area contributed by atoms with Gasteiger partial charge < -0.3 is 4.74 Å². The molecule has 3 aliphatic heterocycles. The van der Waals surface area contributed by atoms with Crippen LogP contribution in [0.1, 0.15) is 53.6 Å². The molecule has 0 radical (unpaired) electrons. The van der Waals surface area contributed by atoms with Crippen LogP contribution in [0.3, 0.4) is 0 Å². The summed E-state index contributed by atoms with van der Waals surface area (Å²) in [7, 11) is 0. The summed E-state index contributed by atoms with van der Waals surface area (Å²) < 4.78 is 6.54. The van der Waals surface area contributed by atoms with E-state index in [0.717, 1.165) is 37.9 Å². The molecule has 1 aromatic rings. The van der Waals surface area contributed by atoms with Gasteiger partial charge in [0.2, 0.25) is 0 Å². The van der Waals surface area contributed by atoms with Gasteiger partial charge in [-0.2, -0.15) is 0 Å². The van der Waals surface area contributed by atoms with Crippen molar-refractivity contribution in [1.29, 1.82) is 0 Å². The molecule has 2 saturated heterocycles. The number of carbonyl (C=O) groups is 1. The lowest BCUT2D eigenvalue weighted by atomic mass is 9.62. The molecule has 4 atom stereocenters. The number of hydrogen-bond donors (Lipinski definition) is 2. The van der Waals surface area contributed by atoms with Gasteiger partial charge >= 0.3 is 0 Å². The van der Waals surface area contributed by atoms with Crippen molar-refractivity contribution < 1.29 is 14.7 Å². The van der Waals surface area contributed by atoms with Gasteiger partial charge in [-0.1, -0.05) is 6.07 Å². The fourth-order valence-corrected chi connectivity index (χ4v) is 6.04. The highest BCUT2D eigenvalue weighted by molar-refractivity contribution is 5.93. The zero-order valence-electron chi connectivity index (χ0n) is 14.5. The summed E-state index contributed by atoms with van der Waals surface area (Å²) in [6.45, 7) is 3.00. The molecule has 4 bridgehead atoms. The molecule has 4 fully saturated rings. The van der Waals surface area contributed by atoms with Crippen molar-refractivity contribution in [2.75, 3.05) is 13.1 Å². The molecule has 2 unspecified atom stereocenters. The molecule has 5 heteroatoms. The highest BCUT2D eigenvalue weighted by Crippen LogP contribution is 2.53. The molecule has 2 N–H and O–H groups in total. The molecule has 3 heterocycles. The van der Waals surface area contributed by atoms with Gasteiger partial charge in [0.1, 0.15) is 0 Å². The second-order valence-corrected chi connectivity index (χ2v) is 8.66. The zero-order valence-corrected chi connectivity index (χ0v) is 14.5. The Labute approximate surface area is 148 Å². The Morgan fingerprint density at radius 1 is 1.24 bits per heavy atom. The van der Waals surface area contributed by atoms with E-state index < -0.39 is 5.91 Å². The second-order valence-electron chi connectivity index (χ2n) is 8.66. The van der Waals surface area contributed by atoms with Crippen molar-refractivity contribution in [3.8, 4) is 0 Å². The van der Waals surface area contributed by atoms with Crippen LogP contribution in [0.4, 0.5) is 0 Å². The van der Waals surface area contributed by atoms with E-state index in [-0.39, 0.29) is 5.60 Å². The zero-order chi connectivity index (χ0) is 17.0. The number of amides is 1. The number of fused-ring (bicyclic) bond motifs is 1. The van der Waals surface area contributed by atoms with Crippen molar-refractivity contribution in [2.24, 2.45) is 11.8 Å². The number of hydroxylamine groups is 1. The van der Waals surface area contributed by atoms with Crippen LogP contribution >= 0.6 is 0 Å². The number of benzene rings is 1. The largest absolute Gasteiger partial charge is 0.370 e. The number of nitrogens with zero attached hydrogens (tertiary/aromatic N) is 1. The molecule has 25 heavy (non-hydrogen) atoms. The average molecular weight is 342 g/mol. The Balaban J connectivity index is 1.31. The van der Waals surface area contributed by atoms with Gasteiger partial charge in [0.25, 0.3) is 5.91 Å². The SMILES string of the molecule is O=C(NO)c1ccc2c(c1)CCN(CC13C[C@@H]4CC(C[C@@H](C4)C1)O3)C2. The van der Waals surface area contributed by atoms with Gasteiger partial charge in [-0.25, -0.2) is 5.48 Å². The van der Waals surface area contributed by atoms with E-state index in [4.69, 9.17) is 9.94 Å². The Morgan fingerprint density at radius 2 is 2.04 bits per heavy atom. The first-order chi connectivity index (χ1) is 12.1. The maximum absolute atomic E-state index is 11.6. The standard InChI is InChI=1S/C20H26N2O3/c23-19(21-24)16-1-2-17-11-22(4-3-15(17)8-16)12-20-9-13-5-14(10-20)7-18(6-13)25-20/h1-2,8,13-14,18,24H,3-7,9-12H2,(H,21,23)/t13-,14+,18?,20?. The molecule has 6 rings (SSSR count). The van der Waals surface area contributed by atoms with E-state index in [1.54, 1.807) is 11.5 Å². The minimum Gasteiger partial charge on any atom is -0.370 e. The lowest BCUT2D eigenvalue weighted by molar-refractivity contribution is -0.226. The highest BCUT2D eigenvalue weighted by Gasteiger charge is 2.52. The third-order valence-corrected chi connectivity index (χ3v) is 6.77. The third-order valence-electron chi connectivity index (χ3n) is 6.77. The number of carbonyl (C=O) groups excluding carboxylic acids is 1. The van der Waals surface area contributed by atoms with Crippen molar-refractivity contribution in [3.05, 3.63) is 34.9 Å². The topological polar surface area (TPSA) is 61.8 Å². The molecular formula is C20H26N2O3. The predicted molar refractivity (Wildman–Crippen MR) is 92.3 cm³/mol. The maximum Gasteiger partial charge on any atom is 0.274 e. The van der Waals surface area contributed by atoms with Gasteiger partial charge in [-0.15, -0.1) is 0 Å². The number of ether oxygens (including phenoxy) is 1. The highest BCUT2D eigenvalue weighted by atomic mass is 16.5. The van der Waals surface area contributed by atoms with Gasteiger partial charge in [-0.3, -0.25) is 14.9 Å². The Morgan fingerprint density at radius 3 is 2.76 bits per heavy atom. The summed E-state index contributed by atoms with van der Waals surface area (Å²) in [5.74, 6) is 1.35. The Hall–Kier alpha value is -1.43. The van der Waals surface area contributed by atoms with Crippen LogP contribution in [0, 0.1) is 11.8 Å². The molecule has 134 valence electrons. The van der Waals surface area contributed by atoms with Crippen LogP contribution in [-0.4, -0.2) is 40.8 Å². The fourth-order valence-electron chi connectivity index (χ4n) is 6.04. The monoisotopic (exact) mass is 342 g/mol. The lowest BCUT2D eigenvalue weighted by Crippen LogP contribution is -2.59. The number of nitrogens with one attached hydrogen (secondary N) is 1. The molecule has 5 aliphatic rings. The maximum atomic E-state index is 11.6. The summed E-state index contributed by atoms with van der Waals surface area (Å²) in [5.41, 5.74) is 4.87. The molecule has 1 amide bonds. The van der Waals surface area contributed by atoms with Gasteiger partial charge in [0, 0.05) is 25.2 Å². The predicted octanol–water partition coefficient (Wildman–Crippen LogP) is 2.51. The van der Waals surface area contributed by atoms with Crippen LogP contribution in [0.25, 0.3) is 0 Å². The van der Waals surface area contributed by atoms with Crippen molar-refractivity contribution in [3.63, 3.8) is 0 Å². The van der Waals surface area contributed by atoms with E-state index >= 15 is 0 Å². The summed E-state index contributed by atoms with van der Waals surface area (Å²) in [6.07, 6.45) is 7.97. The Bertz CT molecular complexity index is 667. The fraction of sp³-hybridized carbons (Fsp3) is 0.650. The van der Waals surface area contributed by atoms with Crippen LogP contribution in [0.5, 0.6) is 0 Å². The van der Waals surface area contributed by atoms with Crippen molar-refractivity contribution in [1.82, 2.24) is 10.4 Å². The van der Waals surface area contributed by atoms with Crippen LogP contribution in [0.2, 0.25) is 0 Å². The first-order valence-electron chi connectivity index (χ1n) is 9.59. The third kappa shape index (κ3) is 2.78. The summed E-state index contributed by atoms with van der Waals surface area (Å²) in [4.78, 5) is 14.1. The minimum absolute atomic E-state index is 0.100. The second kappa shape index (κ2) is 5.79. The lowest BCUT2D eigenvalue weighted by Gasteiger charge is -2.57. The smallest absolute Gasteiger partial charge is 0.274 e. The molecule has 1 aromatic carbocycles. The summed E-state index contributed by atoms with van der Waals surface area (Å²) in [6, 6.07) is 5.75. The van der Waals surface area contributed by atoms with Crippen molar-refractivity contribution in [2.45, 2.75) is 56.8 Å². The Kier molecular flexibility index (Phi) is 3.66. The van der Waals surface area contributed by atoms with Gasteiger partial charge in [-0.05, 0) is 73.6 Å². The minimum atomic E-state index is -0.438.